The highest BCUT2D eigenvalue weighted by atomic mass is 16.3. The van der Waals surface area contributed by atoms with E-state index in [-0.39, 0.29) is 0 Å². The van der Waals surface area contributed by atoms with Gasteiger partial charge < -0.3 is 4.42 Å². The van der Waals surface area contributed by atoms with Crippen LogP contribution in [0.3, 0.4) is 0 Å². The van der Waals surface area contributed by atoms with Gasteiger partial charge in [0.1, 0.15) is 11.5 Å². The van der Waals surface area contributed by atoms with Gasteiger partial charge >= 0.3 is 0 Å². The molecule has 0 aliphatic heterocycles. The van der Waals surface area contributed by atoms with Crippen LogP contribution in [0.5, 0.6) is 0 Å². The first-order chi connectivity index (χ1) is 8.38. The highest BCUT2D eigenvalue weighted by Gasteiger charge is 2.28. The van der Waals surface area contributed by atoms with E-state index in [1.165, 1.54) is 51.4 Å². The molecule has 0 bridgehead atoms. The molecule has 92 valence electrons. The summed E-state index contributed by atoms with van der Waals surface area (Å²) >= 11 is 0. The standard InChI is InChI=1S/C15H20O2/c16-10-13-9-14(11-5-2-1-3-6-11)17-15(13)12-7-4-8-12/h9-12H,1-8H2. The van der Waals surface area contributed by atoms with Crippen molar-refractivity contribution in [3.8, 4) is 0 Å². The maximum Gasteiger partial charge on any atom is 0.153 e. The maximum atomic E-state index is 11.1. The van der Waals surface area contributed by atoms with Crippen LogP contribution >= 0.6 is 0 Å². The van der Waals surface area contributed by atoms with E-state index in [9.17, 15) is 4.79 Å². The predicted octanol–water partition coefficient (Wildman–Crippen LogP) is 4.41. The molecule has 0 aromatic carbocycles. The van der Waals surface area contributed by atoms with Gasteiger partial charge in [-0.05, 0) is 31.7 Å². The minimum absolute atomic E-state index is 0.521. The lowest BCUT2D eigenvalue weighted by Gasteiger charge is -2.24. The summed E-state index contributed by atoms with van der Waals surface area (Å²) in [6.45, 7) is 0. The van der Waals surface area contributed by atoms with E-state index in [1.54, 1.807) is 0 Å². The van der Waals surface area contributed by atoms with E-state index in [0.29, 0.717) is 11.8 Å². The molecule has 2 aliphatic carbocycles. The highest BCUT2D eigenvalue weighted by Crippen LogP contribution is 2.41. The average Bonchev–Trinajstić information content (AvgIpc) is 2.72. The molecule has 0 radical (unpaired) electrons. The van der Waals surface area contributed by atoms with Crippen molar-refractivity contribution in [2.75, 3.05) is 0 Å². The summed E-state index contributed by atoms with van der Waals surface area (Å²) in [6.07, 6.45) is 11.1. The Hall–Kier alpha value is -1.05. The fraction of sp³-hybridized carbons (Fsp3) is 0.667. The number of rotatable bonds is 3. The van der Waals surface area contributed by atoms with Crippen molar-refractivity contribution in [3.05, 3.63) is 23.2 Å². The van der Waals surface area contributed by atoms with Crippen LogP contribution in [0.1, 0.15) is 85.1 Å². The van der Waals surface area contributed by atoms with Crippen LogP contribution in [-0.4, -0.2) is 6.29 Å². The van der Waals surface area contributed by atoms with Crippen molar-refractivity contribution in [2.45, 2.75) is 63.2 Å². The van der Waals surface area contributed by atoms with Gasteiger partial charge in [0, 0.05) is 11.8 Å². The van der Waals surface area contributed by atoms with Crippen molar-refractivity contribution < 1.29 is 9.21 Å². The zero-order chi connectivity index (χ0) is 11.7. The third-order valence-electron chi connectivity index (χ3n) is 4.42. The molecule has 1 aromatic heterocycles. The first-order valence-electron chi connectivity index (χ1n) is 6.97. The largest absolute Gasteiger partial charge is 0.465 e. The van der Waals surface area contributed by atoms with E-state index >= 15 is 0 Å². The number of aldehydes is 1. The Morgan fingerprint density at radius 1 is 1.00 bits per heavy atom. The van der Waals surface area contributed by atoms with Crippen LogP contribution in [-0.2, 0) is 0 Å². The van der Waals surface area contributed by atoms with Gasteiger partial charge in [0.2, 0.25) is 0 Å². The SMILES string of the molecule is O=Cc1cc(C2CCCCC2)oc1C1CCC1. The second kappa shape index (κ2) is 4.67. The van der Waals surface area contributed by atoms with E-state index in [0.717, 1.165) is 23.4 Å². The van der Waals surface area contributed by atoms with E-state index < -0.39 is 0 Å². The van der Waals surface area contributed by atoms with E-state index in [1.807, 2.05) is 6.07 Å². The average molecular weight is 232 g/mol. The van der Waals surface area contributed by atoms with Crippen molar-refractivity contribution >= 4 is 6.29 Å². The summed E-state index contributed by atoms with van der Waals surface area (Å²) < 4.78 is 6.02. The number of hydrogen-bond acceptors (Lipinski definition) is 2. The Labute approximate surface area is 102 Å². The molecular formula is C15H20O2. The number of furan rings is 1. The smallest absolute Gasteiger partial charge is 0.153 e. The first-order valence-corrected chi connectivity index (χ1v) is 6.97. The minimum atomic E-state index is 0.521. The summed E-state index contributed by atoms with van der Waals surface area (Å²) in [7, 11) is 0. The van der Waals surface area contributed by atoms with Crippen molar-refractivity contribution in [2.24, 2.45) is 0 Å². The molecular weight excluding hydrogens is 212 g/mol. The molecule has 1 aromatic rings. The van der Waals surface area contributed by atoms with Gasteiger partial charge in [0.25, 0.3) is 0 Å². The lowest BCUT2D eigenvalue weighted by molar-refractivity contribution is 0.112. The zero-order valence-corrected chi connectivity index (χ0v) is 10.3. The van der Waals surface area contributed by atoms with Crippen LogP contribution in [0.25, 0.3) is 0 Å². The van der Waals surface area contributed by atoms with Gasteiger partial charge in [-0.3, -0.25) is 4.79 Å². The quantitative estimate of drug-likeness (QED) is 0.723. The molecule has 2 fully saturated rings. The zero-order valence-electron chi connectivity index (χ0n) is 10.3. The lowest BCUT2D eigenvalue weighted by atomic mass is 9.82. The summed E-state index contributed by atoms with van der Waals surface area (Å²) in [6, 6.07) is 2.01. The summed E-state index contributed by atoms with van der Waals surface area (Å²) in [5.74, 6) is 3.14. The fourth-order valence-electron chi connectivity index (χ4n) is 3.11. The Morgan fingerprint density at radius 2 is 1.71 bits per heavy atom. The summed E-state index contributed by atoms with van der Waals surface area (Å²) in [4.78, 5) is 11.1. The Balaban J connectivity index is 1.84. The number of carbonyl (C=O) groups is 1. The topological polar surface area (TPSA) is 30.2 Å². The van der Waals surface area contributed by atoms with Crippen molar-refractivity contribution in [1.29, 1.82) is 0 Å². The van der Waals surface area contributed by atoms with Crippen molar-refractivity contribution in [3.63, 3.8) is 0 Å². The third-order valence-corrected chi connectivity index (χ3v) is 4.42. The van der Waals surface area contributed by atoms with Crippen molar-refractivity contribution in [1.82, 2.24) is 0 Å². The molecule has 0 amide bonds. The van der Waals surface area contributed by atoms with E-state index in [2.05, 4.69) is 0 Å². The fourth-order valence-corrected chi connectivity index (χ4v) is 3.11. The highest BCUT2D eigenvalue weighted by molar-refractivity contribution is 5.77. The molecule has 2 aliphatic rings. The molecule has 0 unspecified atom stereocenters. The van der Waals surface area contributed by atoms with Gasteiger partial charge in [-0.15, -0.1) is 0 Å². The lowest BCUT2D eigenvalue weighted by Crippen LogP contribution is -2.09. The Morgan fingerprint density at radius 3 is 2.29 bits per heavy atom. The molecule has 0 saturated heterocycles. The van der Waals surface area contributed by atoms with Crippen LogP contribution in [0.4, 0.5) is 0 Å². The monoisotopic (exact) mass is 232 g/mol. The normalized spacial score (nSPS) is 22.4. The molecule has 0 atom stereocenters. The molecule has 0 spiro atoms. The second-order valence-electron chi connectivity index (χ2n) is 5.55. The van der Waals surface area contributed by atoms with Crippen LogP contribution in [0.2, 0.25) is 0 Å². The van der Waals surface area contributed by atoms with Gasteiger partial charge in [0.05, 0.1) is 5.56 Å². The number of carbonyl (C=O) groups excluding carboxylic acids is 1. The Bertz CT molecular complexity index is 395. The first kappa shape index (κ1) is 11.1. The molecule has 3 rings (SSSR count). The van der Waals surface area contributed by atoms with Gasteiger partial charge in [0.15, 0.2) is 6.29 Å². The van der Waals surface area contributed by atoms with E-state index in [4.69, 9.17) is 4.42 Å². The van der Waals surface area contributed by atoms with Crippen LogP contribution in [0.15, 0.2) is 10.5 Å². The predicted molar refractivity (Wildman–Crippen MR) is 66.5 cm³/mol. The minimum Gasteiger partial charge on any atom is -0.465 e. The molecule has 17 heavy (non-hydrogen) atoms. The summed E-state index contributed by atoms with van der Waals surface area (Å²) in [5.41, 5.74) is 0.815. The number of hydrogen-bond donors (Lipinski definition) is 0. The molecule has 2 heteroatoms. The summed E-state index contributed by atoms with van der Waals surface area (Å²) in [5, 5.41) is 0. The molecule has 2 saturated carbocycles. The van der Waals surface area contributed by atoms with Gasteiger partial charge in [-0.25, -0.2) is 0 Å². The second-order valence-corrected chi connectivity index (χ2v) is 5.55. The molecule has 2 nitrogen and oxygen atoms in total. The van der Waals surface area contributed by atoms with Gasteiger partial charge in [-0.2, -0.15) is 0 Å². The van der Waals surface area contributed by atoms with Gasteiger partial charge in [-0.1, -0.05) is 25.7 Å². The van der Waals surface area contributed by atoms with Crippen LogP contribution in [0, 0.1) is 0 Å². The Kier molecular flexibility index (Phi) is 3.04. The molecule has 1 heterocycles. The van der Waals surface area contributed by atoms with Crippen LogP contribution < -0.4 is 0 Å². The maximum absolute atomic E-state index is 11.1. The third kappa shape index (κ3) is 2.05. The molecule has 0 N–H and O–H groups in total.